The van der Waals surface area contributed by atoms with Crippen molar-refractivity contribution in [1.82, 2.24) is 14.7 Å². The van der Waals surface area contributed by atoms with E-state index in [4.69, 9.17) is 0 Å². The van der Waals surface area contributed by atoms with Gasteiger partial charge in [-0.1, -0.05) is 20.8 Å². The third-order valence-corrected chi connectivity index (χ3v) is 2.03. The molecule has 1 N–H and O–H groups in total. The Morgan fingerprint density at radius 3 is 2.50 bits per heavy atom. The van der Waals surface area contributed by atoms with Crippen LogP contribution in [0.5, 0.6) is 0 Å². The Bertz CT molecular complexity index is 428. The van der Waals surface area contributed by atoms with Gasteiger partial charge in [-0.3, -0.25) is 0 Å². The summed E-state index contributed by atoms with van der Waals surface area (Å²) < 4.78 is 0.990. The van der Waals surface area contributed by atoms with Crippen LogP contribution in [0.15, 0.2) is 18.5 Å². The highest BCUT2D eigenvalue weighted by atomic mass is 16.5. The van der Waals surface area contributed by atoms with Crippen molar-refractivity contribution >= 4 is 0 Å². The molecule has 0 atom stereocenters. The van der Waals surface area contributed by atoms with Crippen molar-refractivity contribution in [2.75, 3.05) is 0 Å². The first-order chi connectivity index (χ1) is 6.47. The number of pyridine rings is 1. The molecule has 2 rings (SSSR count). The van der Waals surface area contributed by atoms with Gasteiger partial charge in [-0.25, -0.2) is 9.97 Å². The molecule has 0 fully saturated rings. The number of rotatable bonds is 0. The lowest BCUT2D eigenvalue weighted by molar-refractivity contribution is 0.184. The summed E-state index contributed by atoms with van der Waals surface area (Å²) in [4.78, 5) is 8.74. The van der Waals surface area contributed by atoms with E-state index >= 15 is 0 Å². The molecule has 0 spiro atoms. The fourth-order valence-electron chi connectivity index (χ4n) is 1.24. The molecule has 0 saturated carbocycles. The van der Waals surface area contributed by atoms with Gasteiger partial charge in [0.2, 0.25) is 0 Å². The van der Waals surface area contributed by atoms with Crippen molar-refractivity contribution in [1.29, 1.82) is 0 Å². The fraction of sp³-hybridized carbons (Fsp3) is 0.400. The van der Waals surface area contributed by atoms with Crippen LogP contribution in [-0.4, -0.2) is 19.9 Å². The van der Waals surface area contributed by atoms with Crippen molar-refractivity contribution in [3.05, 3.63) is 24.3 Å². The minimum absolute atomic E-state index is 0.0562. The largest absolute Gasteiger partial charge is 0.429 e. The number of hydrogen-bond donors (Lipinski definition) is 1. The van der Waals surface area contributed by atoms with E-state index in [-0.39, 0.29) is 5.41 Å². The van der Waals surface area contributed by atoms with Crippen LogP contribution >= 0.6 is 0 Å². The fourth-order valence-corrected chi connectivity index (χ4v) is 1.24. The summed E-state index contributed by atoms with van der Waals surface area (Å²) >= 11 is 0. The van der Waals surface area contributed by atoms with Crippen LogP contribution in [0.1, 0.15) is 26.6 Å². The van der Waals surface area contributed by atoms with E-state index in [1.54, 1.807) is 18.5 Å². The molecule has 0 aromatic heterocycles. The van der Waals surface area contributed by atoms with Gasteiger partial charge in [0.1, 0.15) is 11.5 Å². The lowest BCUT2D eigenvalue weighted by Gasteiger charge is -2.12. The van der Waals surface area contributed by atoms with Crippen LogP contribution in [0.4, 0.5) is 0 Å². The third-order valence-electron chi connectivity index (χ3n) is 2.03. The van der Waals surface area contributed by atoms with Gasteiger partial charge < -0.3 is 5.21 Å². The molecule has 74 valence electrons. The monoisotopic (exact) mass is 191 g/mol. The lowest BCUT2D eigenvalue weighted by atomic mass is 9.96. The molecule has 0 aromatic rings. The molecule has 0 amide bonds. The molecule has 0 aromatic carbocycles. The van der Waals surface area contributed by atoms with Gasteiger partial charge in [-0.05, 0) is 6.07 Å². The summed E-state index contributed by atoms with van der Waals surface area (Å²) in [6, 6.07) is 1.75. The zero-order valence-corrected chi connectivity index (χ0v) is 8.52. The predicted octanol–water partition coefficient (Wildman–Crippen LogP) is 1.92. The standard InChI is InChI=1S/C10H13N3O/c1-10(2,3)9-11-7-4-5-13(14)6-8(7)12-9/h4-6,14H,1-3H3. The summed E-state index contributed by atoms with van der Waals surface area (Å²) in [5, 5.41) is 9.19. The van der Waals surface area contributed by atoms with Gasteiger partial charge in [-0.15, -0.1) is 0 Å². The molecule has 2 aliphatic rings. The topological polar surface area (TPSA) is 50.9 Å². The Morgan fingerprint density at radius 2 is 1.86 bits per heavy atom. The van der Waals surface area contributed by atoms with Crippen LogP contribution in [0.3, 0.4) is 0 Å². The molecule has 2 aliphatic heterocycles. The van der Waals surface area contributed by atoms with Crippen molar-refractivity contribution in [3.63, 3.8) is 0 Å². The Kier molecular flexibility index (Phi) is 1.74. The first-order valence-electron chi connectivity index (χ1n) is 4.52. The zero-order valence-electron chi connectivity index (χ0n) is 8.52. The van der Waals surface area contributed by atoms with Gasteiger partial charge in [-0.2, -0.15) is 4.73 Å². The average Bonchev–Trinajstić information content (AvgIpc) is 2.45. The quantitative estimate of drug-likeness (QED) is 0.647. The van der Waals surface area contributed by atoms with E-state index in [0.717, 1.165) is 21.9 Å². The SMILES string of the molecule is CC(C)(C)c1nc2ccn(O)cc-2n1. The highest BCUT2D eigenvalue weighted by Crippen LogP contribution is 2.25. The van der Waals surface area contributed by atoms with Crippen molar-refractivity contribution < 1.29 is 5.21 Å². The summed E-state index contributed by atoms with van der Waals surface area (Å²) in [5.74, 6) is 0.804. The Hall–Kier alpha value is -1.58. The maximum atomic E-state index is 9.19. The molecule has 0 saturated heterocycles. The van der Waals surface area contributed by atoms with Crippen LogP contribution in [0, 0.1) is 0 Å². The average molecular weight is 191 g/mol. The number of fused-ring (bicyclic) bond motifs is 1. The molecule has 4 heteroatoms. The van der Waals surface area contributed by atoms with Crippen LogP contribution in [0.2, 0.25) is 0 Å². The van der Waals surface area contributed by atoms with Crippen molar-refractivity contribution in [2.45, 2.75) is 26.2 Å². The number of hydrogen-bond acceptors (Lipinski definition) is 3. The van der Waals surface area contributed by atoms with Crippen LogP contribution < -0.4 is 0 Å². The van der Waals surface area contributed by atoms with Crippen LogP contribution in [0.25, 0.3) is 11.4 Å². The molecule has 4 nitrogen and oxygen atoms in total. The number of aromatic nitrogens is 3. The molecule has 0 radical (unpaired) electrons. The van der Waals surface area contributed by atoms with E-state index < -0.39 is 0 Å². The first kappa shape index (κ1) is 8.99. The van der Waals surface area contributed by atoms with Gasteiger partial charge >= 0.3 is 0 Å². The molecule has 0 bridgehead atoms. The highest BCUT2D eigenvalue weighted by molar-refractivity contribution is 5.55. The molecule has 2 heterocycles. The third kappa shape index (κ3) is 1.43. The second kappa shape index (κ2) is 2.70. The van der Waals surface area contributed by atoms with Gasteiger partial charge in [0, 0.05) is 11.6 Å². The molecule has 0 aliphatic carbocycles. The molecule has 14 heavy (non-hydrogen) atoms. The minimum atomic E-state index is -0.0562. The van der Waals surface area contributed by atoms with Crippen molar-refractivity contribution in [2.24, 2.45) is 0 Å². The first-order valence-corrected chi connectivity index (χ1v) is 4.52. The van der Waals surface area contributed by atoms with E-state index in [0.29, 0.717) is 0 Å². The lowest BCUT2D eigenvalue weighted by Crippen LogP contribution is -2.12. The minimum Gasteiger partial charge on any atom is -0.429 e. The van der Waals surface area contributed by atoms with E-state index in [2.05, 4.69) is 30.7 Å². The highest BCUT2D eigenvalue weighted by Gasteiger charge is 2.21. The van der Waals surface area contributed by atoms with Gasteiger partial charge in [0.05, 0.1) is 11.9 Å². The van der Waals surface area contributed by atoms with E-state index in [9.17, 15) is 5.21 Å². The van der Waals surface area contributed by atoms with Crippen LogP contribution in [-0.2, 0) is 5.41 Å². The molecular weight excluding hydrogens is 178 g/mol. The molecular formula is C10H13N3O. The van der Waals surface area contributed by atoms with E-state index in [1.165, 1.54) is 0 Å². The zero-order chi connectivity index (χ0) is 10.3. The number of nitrogens with zero attached hydrogens (tertiary/aromatic N) is 3. The second-order valence-electron chi connectivity index (χ2n) is 4.39. The maximum absolute atomic E-state index is 9.19. The summed E-state index contributed by atoms with van der Waals surface area (Å²) in [5.41, 5.74) is 1.49. The van der Waals surface area contributed by atoms with Crippen molar-refractivity contribution in [3.8, 4) is 11.4 Å². The predicted molar refractivity (Wildman–Crippen MR) is 52.5 cm³/mol. The normalized spacial score (nSPS) is 12.2. The van der Waals surface area contributed by atoms with Gasteiger partial charge in [0.15, 0.2) is 0 Å². The summed E-state index contributed by atoms with van der Waals surface area (Å²) in [6.07, 6.45) is 3.10. The Morgan fingerprint density at radius 1 is 1.21 bits per heavy atom. The maximum Gasteiger partial charge on any atom is 0.135 e. The number of imidazole rings is 1. The Labute approximate surface area is 82.5 Å². The summed E-state index contributed by atoms with van der Waals surface area (Å²) in [6.45, 7) is 6.19. The van der Waals surface area contributed by atoms with E-state index in [1.807, 2.05) is 0 Å². The van der Waals surface area contributed by atoms with Gasteiger partial charge in [0.25, 0.3) is 0 Å². The second-order valence-corrected chi connectivity index (χ2v) is 4.39. The summed E-state index contributed by atoms with van der Waals surface area (Å²) in [7, 11) is 0. The Balaban J connectivity index is 2.58. The smallest absolute Gasteiger partial charge is 0.135 e. The molecule has 0 unspecified atom stereocenters.